The molecule has 0 aromatic heterocycles. The lowest BCUT2D eigenvalue weighted by Crippen LogP contribution is -2.16. The van der Waals surface area contributed by atoms with Crippen LogP contribution < -0.4 is 5.73 Å². The minimum absolute atomic E-state index is 0.0109. The second kappa shape index (κ2) is 7.67. The van der Waals surface area contributed by atoms with Crippen LogP contribution in [0.1, 0.15) is 56.3 Å². The summed E-state index contributed by atoms with van der Waals surface area (Å²) >= 11 is 0. The zero-order valence-corrected chi connectivity index (χ0v) is 11.7. The summed E-state index contributed by atoms with van der Waals surface area (Å²) in [7, 11) is 0. The maximum atomic E-state index is 11.9. The van der Waals surface area contributed by atoms with Crippen LogP contribution in [0, 0.1) is 0 Å². The van der Waals surface area contributed by atoms with Crippen molar-refractivity contribution >= 4 is 11.7 Å². The van der Waals surface area contributed by atoms with Gasteiger partial charge in [0.05, 0.1) is 11.7 Å². The van der Waals surface area contributed by atoms with Crippen LogP contribution >= 0.6 is 0 Å². The summed E-state index contributed by atoms with van der Waals surface area (Å²) in [6.07, 6.45) is 5.33. The Kier molecular flexibility index (Phi) is 6.19. The van der Waals surface area contributed by atoms with Gasteiger partial charge in [0.25, 0.3) is 0 Å². The van der Waals surface area contributed by atoms with Gasteiger partial charge in [0.1, 0.15) is 5.75 Å². The highest BCUT2D eigenvalue weighted by molar-refractivity contribution is 5.95. The number of benzene rings is 1. The Balaban J connectivity index is 2.47. The Morgan fingerprint density at radius 1 is 1.37 bits per heavy atom. The molecule has 19 heavy (non-hydrogen) atoms. The molecule has 0 amide bonds. The highest BCUT2D eigenvalue weighted by Gasteiger charge is 2.15. The lowest BCUT2D eigenvalue weighted by molar-refractivity contribution is 0.0320. The van der Waals surface area contributed by atoms with Gasteiger partial charge in [0, 0.05) is 5.69 Å². The lowest BCUT2D eigenvalue weighted by atomic mass is 10.1. The fraction of sp³-hybridized carbons (Fsp3) is 0.533. The molecule has 0 saturated carbocycles. The number of rotatable bonds is 7. The Morgan fingerprint density at radius 2 is 2.11 bits per heavy atom. The molecule has 0 aliphatic heterocycles. The number of phenolic OH excluding ortho intramolecular Hbond substituents is 1. The molecule has 0 spiro atoms. The van der Waals surface area contributed by atoms with E-state index in [2.05, 4.69) is 6.92 Å². The van der Waals surface area contributed by atoms with E-state index in [4.69, 9.17) is 10.5 Å². The van der Waals surface area contributed by atoms with Gasteiger partial charge in [-0.2, -0.15) is 0 Å². The van der Waals surface area contributed by atoms with Gasteiger partial charge in [-0.25, -0.2) is 4.79 Å². The van der Waals surface area contributed by atoms with E-state index >= 15 is 0 Å². The number of ether oxygens (including phenoxy) is 1. The van der Waals surface area contributed by atoms with Crippen molar-refractivity contribution in [3.63, 3.8) is 0 Å². The van der Waals surface area contributed by atoms with Gasteiger partial charge in [-0.3, -0.25) is 0 Å². The monoisotopic (exact) mass is 265 g/mol. The van der Waals surface area contributed by atoms with Crippen molar-refractivity contribution < 1.29 is 14.6 Å². The minimum atomic E-state index is -0.476. The van der Waals surface area contributed by atoms with Crippen LogP contribution in [-0.4, -0.2) is 17.2 Å². The first-order valence-electron chi connectivity index (χ1n) is 6.84. The number of nitrogen functional groups attached to an aromatic ring is 1. The van der Waals surface area contributed by atoms with Crippen LogP contribution in [0.3, 0.4) is 0 Å². The van der Waals surface area contributed by atoms with Gasteiger partial charge in [0.2, 0.25) is 0 Å². The number of hydrogen-bond acceptors (Lipinski definition) is 4. The topological polar surface area (TPSA) is 72.5 Å². The summed E-state index contributed by atoms with van der Waals surface area (Å²) in [4.78, 5) is 11.9. The number of anilines is 1. The van der Waals surface area contributed by atoms with Crippen LogP contribution in [-0.2, 0) is 4.74 Å². The van der Waals surface area contributed by atoms with E-state index in [9.17, 15) is 9.90 Å². The smallest absolute Gasteiger partial charge is 0.340 e. The molecule has 1 aromatic rings. The molecule has 0 bridgehead atoms. The van der Waals surface area contributed by atoms with Gasteiger partial charge in [-0.05, 0) is 38.0 Å². The Morgan fingerprint density at radius 3 is 2.79 bits per heavy atom. The number of esters is 1. The summed E-state index contributed by atoms with van der Waals surface area (Å²) in [5.41, 5.74) is 6.24. The van der Waals surface area contributed by atoms with E-state index in [0.29, 0.717) is 5.69 Å². The molecule has 1 unspecified atom stereocenters. The molecule has 0 radical (unpaired) electrons. The predicted molar refractivity (Wildman–Crippen MR) is 76.2 cm³/mol. The average Bonchev–Trinajstić information content (AvgIpc) is 2.37. The van der Waals surface area contributed by atoms with Gasteiger partial charge in [-0.1, -0.05) is 26.2 Å². The molecule has 4 heteroatoms. The van der Waals surface area contributed by atoms with E-state index in [-0.39, 0.29) is 17.4 Å². The van der Waals surface area contributed by atoms with Crippen molar-refractivity contribution in [2.45, 2.75) is 52.1 Å². The van der Waals surface area contributed by atoms with Crippen LogP contribution in [0.25, 0.3) is 0 Å². The van der Waals surface area contributed by atoms with Crippen molar-refractivity contribution in [2.24, 2.45) is 0 Å². The van der Waals surface area contributed by atoms with Gasteiger partial charge in [0.15, 0.2) is 0 Å². The van der Waals surface area contributed by atoms with Gasteiger partial charge >= 0.3 is 5.97 Å². The molecule has 1 rings (SSSR count). The molecule has 0 saturated heterocycles. The van der Waals surface area contributed by atoms with E-state index < -0.39 is 5.97 Å². The molecule has 0 aliphatic rings. The number of nitrogens with two attached hydrogens (primary N) is 1. The van der Waals surface area contributed by atoms with Crippen LogP contribution in [0.2, 0.25) is 0 Å². The van der Waals surface area contributed by atoms with E-state index in [1.807, 2.05) is 6.92 Å². The third-order valence-electron chi connectivity index (χ3n) is 3.03. The Bertz CT molecular complexity index is 418. The highest BCUT2D eigenvalue weighted by atomic mass is 16.5. The van der Waals surface area contributed by atoms with Gasteiger partial charge < -0.3 is 15.6 Å². The van der Waals surface area contributed by atoms with Crippen molar-refractivity contribution in [1.82, 2.24) is 0 Å². The number of phenols is 1. The fourth-order valence-corrected chi connectivity index (χ4v) is 1.88. The number of hydrogen-bond donors (Lipinski definition) is 2. The third kappa shape index (κ3) is 5.20. The summed E-state index contributed by atoms with van der Waals surface area (Å²) in [6, 6.07) is 4.28. The highest BCUT2D eigenvalue weighted by Crippen LogP contribution is 2.20. The van der Waals surface area contributed by atoms with Crippen molar-refractivity contribution in [3.8, 4) is 5.75 Å². The zero-order chi connectivity index (χ0) is 14.3. The van der Waals surface area contributed by atoms with Crippen molar-refractivity contribution in [1.29, 1.82) is 0 Å². The maximum absolute atomic E-state index is 11.9. The molecule has 106 valence electrons. The average molecular weight is 265 g/mol. The normalized spacial score (nSPS) is 12.1. The second-order valence-electron chi connectivity index (χ2n) is 4.84. The quantitative estimate of drug-likeness (QED) is 0.342. The SMILES string of the molecule is CCCCCCC(C)OC(=O)c1cc(O)ccc1N. The Hall–Kier alpha value is -1.71. The molecule has 0 aliphatic carbocycles. The molecule has 4 nitrogen and oxygen atoms in total. The third-order valence-corrected chi connectivity index (χ3v) is 3.03. The molecule has 1 atom stereocenters. The molecule has 0 heterocycles. The van der Waals surface area contributed by atoms with E-state index in [1.54, 1.807) is 0 Å². The van der Waals surface area contributed by atoms with E-state index in [0.717, 1.165) is 19.3 Å². The first kappa shape index (κ1) is 15.3. The van der Waals surface area contributed by atoms with Crippen LogP contribution in [0.4, 0.5) is 5.69 Å². The molecule has 3 N–H and O–H groups in total. The first-order valence-corrected chi connectivity index (χ1v) is 6.84. The summed E-state index contributed by atoms with van der Waals surface area (Å²) in [6.45, 7) is 4.04. The predicted octanol–water partition coefficient (Wildman–Crippen LogP) is 3.49. The molecular weight excluding hydrogens is 242 g/mol. The van der Waals surface area contributed by atoms with Crippen molar-refractivity contribution in [3.05, 3.63) is 23.8 Å². The van der Waals surface area contributed by atoms with Crippen LogP contribution in [0.15, 0.2) is 18.2 Å². The second-order valence-corrected chi connectivity index (χ2v) is 4.84. The number of aromatic hydroxyl groups is 1. The van der Waals surface area contributed by atoms with Crippen LogP contribution in [0.5, 0.6) is 5.75 Å². The largest absolute Gasteiger partial charge is 0.508 e. The fourth-order valence-electron chi connectivity index (χ4n) is 1.88. The standard InChI is InChI=1S/C15H23NO3/c1-3-4-5-6-7-11(2)19-15(18)13-10-12(17)8-9-14(13)16/h8-11,17H,3-7,16H2,1-2H3. The van der Waals surface area contributed by atoms with E-state index in [1.165, 1.54) is 31.0 Å². The zero-order valence-electron chi connectivity index (χ0n) is 11.7. The number of unbranched alkanes of at least 4 members (excludes halogenated alkanes) is 3. The first-order chi connectivity index (χ1) is 9.04. The summed E-state index contributed by atoms with van der Waals surface area (Å²) in [5.74, 6) is -0.465. The minimum Gasteiger partial charge on any atom is -0.508 e. The lowest BCUT2D eigenvalue weighted by Gasteiger charge is -2.14. The molecule has 0 fully saturated rings. The summed E-state index contributed by atoms with van der Waals surface area (Å²) < 4.78 is 5.32. The molecular formula is C15H23NO3. The Labute approximate surface area is 114 Å². The summed E-state index contributed by atoms with van der Waals surface area (Å²) in [5, 5.41) is 9.36. The number of carbonyl (C=O) groups is 1. The van der Waals surface area contributed by atoms with Crippen molar-refractivity contribution in [2.75, 3.05) is 5.73 Å². The molecule has 1 aromatic carbocycles. The number of carbonyl (C=O) groups excluding carboxylic acids is 1. The maximum Gasteiger partial charge on any atom is 0.340 e. The van der Waals surface area contributed by atoms with Gasteiger partial charge in [-0.15, -0.1) is 0 Å².